The van der Waals surface area contributed by atoms with E-state index in [1.54, 1.807) is 17.4 Å². The molecular weight excluding hydrogens is 398 g/mol. The maximum atomic E-state index is 12.6. The first-order valence-corrected chi connectivity index (χ1v) is 11.4. The van der Waals surface area contributed by atoms with E-state index in [9.17, 15) is 18.4 Å². The van der Waals surface area contributed by atoms with Crippen LogP contribution in [0, 0.1) is 0 Å². The van der Waals surface area contributed by atoms with Crippen molar-refractivity contribution in [3.05, 3.63) is 71.1 Å². The molecule has 6 nitrogen and oxygen atoms in total. The number of ether oxygens (including phenoxy) is 1. The van der Waals surface area contributed by atoms with Gasteiger partial charge in [-0.3, -0.25) is 10.0 Å². The van der Waals surface area contributed by atoms with Crippen LogP contribution in [0.5, 0.6) is 0 Å². The third-order valence-corrected chi connectivity index (χ3v) is 6.82. The standard InChI is InChI=1S/C20H21NO5S2/c22-15-21(23)19(12-26-11-16-4-2-1-3-5-16)14-28(24,25)13-17-6-7-20-18(10-17)8-9-27-20/h1-10,15,19,23H,11-14H2/t19-/m0/s1. The van der Waals surface area contributed by atoms with Crippen molar-refractivity contribution in [2.45, 2.75) is 18.4 Å². The molecule has 0 saturated heterocycles. The Balaban J connectivity index is 1.63. The highest BCUT2D eigenvalue weighted by Crippen LogP contribution is 2.23. The molecule has 28 heavy (non-hydrogen) atoms. The van der Waals surface area contributed by atoms with Crippen molar-refractivity contribution in [2.24, 2.45) is 0 Å². The second-order valence-electron chi connectivity index (χ2n) is 6.49. The summed E-state index contributed by atoms with van der Waals surface area (Å²) < 4.78 is 31.9. The predicted molar refractivity (Wildman–Crippen MR) is 109 cm³/mol. The lowest BCUT2D eigenvalue weighted by Gasteiger charge is -2.22. The highest BCUT2D eigenvalue weighted by Gasteiger charge is 2.24. The fourth-order valence-electron chi connectivity index (χ4n) is 2.89. The van der Waals surface area contributed by atoms with Gasteiger partial charge in [-0.15, -0.1) is 11.3 Å². The van der Waals surface area contributed by atoms with E-state index in [0.29, 0.717) is 10.6 Å². The molecule has 0 radical (unpaired) electrons. The van der Waals surface area contributed by atoms with Gasteiger partial charge in [-0.25, -0.2) is 13.5 Å². The molecule has 1 amide bonds. The van der Waals surface area contributed by atoms with Crippen LogP contribution in [-0.4, -0.2) is 43.5 Å². The second kappa shape index (κ2) is 9.29. The van der Waals surface area contributed by atoms with Crippen molar-refractivity contribution in [2.75, 3.05) is 12.4 Å². The number of benzene rings is 2. The Morgan fingerprint density at radius 1 is 1.11 bits per heavy atom. The van der Waals surface area contributed by atoms with Crippen LogP contribution < -0.4 is 0 Å². The first kappa shape index (κ1) is 20.5. The maximum absolute atomic E-state index is 12.6. The van der Waals surface area contributed by atoms with Crippen LogP contribution in [0.15, 0.2) is 60.0 Å². The fraction of sp³-hybridized carbons (Fsp3) is 0.250. The Labute approximate surface area is 167 Å². The van der Waals surface area contributed by atoms with E-state index in [4.69, 9.17) is 4.74 Å². The molecule has 0 saturated carbocycles. The Hall–Kier alpha value is -2.26. The number of hydrogen-bond donors (Lipinski definition) is 1. The van der Waals surface area contributed by atoms with Crippen molar-refractivity contribution >= 4 is 37.7 Å². The number of thiophene rings is 1. The first-order valence-electron chi connectivity index (χ1n) is 8.67. The summed E-state index contributed by atoms with van der Waals surface area (Å²) in [4.78, 5) is 11.0. The van der Waals surface area contributed by atoms with Gasteiger partial charge in [0, 0.05) is 4.70 Å². The lowest BCUT2D eigenvalue weighted by atomic mass is 10.2. The number of carbonyl (C=O) groups excluding carboxylic acids is 1. The summed E-state index contributed by atoms with van der Waals surface area (Å²) in [5, 5.41) is 13.1. The first-order chi connectivity index (χ1) is 13.5. The number of hydroxylamine groups is 2. The molecular formula is C20H21NO5S2. The van der Waals surface area contributed by atoms with Gasteiger partial charge in [-0.05, 0) is 40.1 Å². The number of carbonyl (C=O) groups is 1. The minimum Gasteiger partial charge on any atom is -0.374 e. The van der Waals surface area contributed by atoms with E-state index >= 15 is 0 Å². The van der Waals surface area contributed by atoms with E-state index < -0.39 is 21.6 Å². The van der Waals surface area contributed by atoms with E-state index in [0.717, 1.165) is 15.6 Å². The molecule has 1 aromatic heterocycles. The summed E-state index contributed by atoms with van der Waals surface area (Å²) in [7, 11) is -3.57. The van der Waals surface area contributed by atoms with Gasteiger partial charge in [0.05, 0.1) is 30.8 Å². The van der Waals surface area contributed by atoms with Crippen molar-refractivity contribution in [3.63, 3.8) is 0 Å². The van der Waals surface area contributed by atoms with Crippen LogP contribution in [0.25, 0.3) is 10.1 Å². The van der Waals surface area contributed by atoms with Crippen LogP contribution in [0.4, 0.5) is 0 Å². The van der Waals surface area contributed by atoms with Crippen molar-refractivity contribution in [1.29, 1.82) is 0 Å². The molecule has 0 aliphatic carbocycles. The highest BCUT2D eigenvalue weighted by molar-refractivity contribution is 7.90. The maximum Gasteiger partial charge on any atom is 0.233 e. The molecule has 0 aliphatic rings. The van der Waals surface area contributed by atoms with Crippen molar-refractivity contribution < 1.29 is 23.2 Å². The Morgan fingerprint density at radius 3 is 2.64 bits per heavy atom. The lowest BCUT2D eigenvalue weighted by molar-refractivity contribution is -0.163. The van der Waals surface area contributed by atoms with E-state index in [1.165, 1.54) is 0 Å². The highest BCUT2D eigenvalue weighted by atomic mass is 32.2. The Morgan fingerprint density at radius 2 is 1.89 bits per heavy atom. The Kier molecular flexibility index (Phi) is 6.79. The number of fused-ring (bicyclic) bond motifs is 1. The molecule has 2 aromatic carbocycles. The summed E-state index contributed by atoms with van der Waals surface area (Å²) in [6.07, 6.45) is 0.198. The minimum atomic E-state index is -3.57. The molecule has 1 heterocycles. The van der Waals surface area contributed by atoms with Gasteiger partial charge in [0.2, 0.25) is 6.41 Å². The zero-order valence-corrected chi connectivity index (χ0v) is 16.7. The summed E-state index contributed by atoms with van der Waals surface area (Å²) in [6.45, 7) is 0.172. The average Bonchev–Trinajstić information content (AvgIpc) is 3.14. The quantitative estimate of drug-likeness (QED) is 0.310. The third kappa shape index (κ3) is 5.62. The molecule has 0 spiro atoms. The minimum absolute atomic E-state index is 0.0903. The summed E-state index contributed by atoms with van der Waals surface area (Å²) >= 11 is 1.59. The van der Waals surface area contributed by atoms with E-state index in [2.05, 4.69) is 0 Å². The molecule has 0 aliphatic heterocycles. The Bertz CT molecular complexity index is 1020. The van der Waals surface area contributed by atoms with Crippen LogP contribution in [0.2, 0.25) is 0 Å². The fourth-order valence-corrected chi connectivity index (χ4v) is 5.30. The van der Waals surface area contributed by atoms with Gasteiger partial charge >= 0.3 is 0 Å². The van der Waals surface area contributed by atoms with Crippen LogP contribution >= 0.6 is 11.3 Å². The summed E-state index contributed by atoms with van der Waals surface area (Å²) in [5.74, 6) is -0.556. The monoisotopic (exact) mass is 419 g/mol. The number of hydrogen-bond acceptors (Lipinski definition) is 6. The van der Waals surface area contributed by atoms with Gasteiger partial charge < -0.3 is 4.74 Å². The number of sulfone groups is 1. The zero-order chi connectivity index (χ0) is 20.0. The van der Waals surface area contributed by atoms with Crippen molar-refractivity contribution in [3.8, 4) is 0 Å². The zero-order valence-electron chi connectivity index (χ0n) is 15.1. The average molecular weight is 420 g/mol. The third-order valence-electron chi connectivity index (χ3n) is 4.25. The van der Waals surface area contributed by atoms with Gasteiger partial charge in [-0.2, -0.15) is 0 Å². The van der Waals surface area contributed by atoms with Gasteiger partial charge in [0.1, 0.15) is 0 Å². The van der Waals surface area contributed by atoms with Crippen LogP contribution in [0.3, 0.4) is 0 Å². The van der Waals surface area contributed by atoms with Gasteiger partial charge in [0.25, 0.3) is 0 Å². The molecule has 148 valence electrons. The SMILES string of the molecule is O=CN(O)[C@@H](COCc1ccccc1)CS(=O)(=O)Cc1ccc2sccc2c1. The molecule has 1 N–H and O–H groups in total. The molecule has 0 fully saturated rings. The van der Waals surface area contributed by atoms with Crippen LogP contribution in [0.1, 0.15) is 11.1 Å². The van der Waals surface area contributed by atoms with Gasteiger partial charge in [-0.1, -0.05) is 36.4 Å². The predicted octanol–water partition coefficient (Wildman–Crippen LogP) is 3.25. The normalized spacial score (nSPS) is 12.8. The molecule has 1 atom stereocenters. The van der Waals surface area contributed by atoms with E-state index in [1.807, 2.05) is 53.9 Å². The number of rotatable bonds is 10. The molecule has 3 aromatic rings. The van der Waals surface area contributed by atoms with Crippen molar-refractivity contribution in [1.82, 2.24) is 5.06 Å². The van der Waals surface area contributed by atoms with Gasteiger partial charge in [0.15, 0.2) is 9.84 Å². The summed E-state index contributed by atoms with van der Waals surface area (Å²) in [6, 6.07) is 15.9. The number of nitrogens with zero attached hydrogens (tertiary/aromatic N) is 1. The lowest BCUT2D eigenvalue weighted by Crippen LogP contribution is -2.41. The molecule has 8 heteroatoms. The molecule has 3 rings (SSSR count). The molecule has 0 bridgehead atoms. The van der Waals surface area contributed by atoms with Crippen LogP contribution in [-0.2, 0) is 31.7 Å². The largest absolute Gasteiger partial charge is 0.374 e. The summed E-state index contributed by atoms with van der Waals surface area (Å²) in [5.41, 5.74) is 1.59. The topological polar surface area (TPSA) is 83.9 Å². The molecule has 0 unspecified atom stereocenters. The second-order valence-corrected chi connectivity index (χ2v) is 9.54. The van der Waals surface area contributed by atoms with E-state index in [-0.39, 0.29) is 25.4 Å². The number of amides is 1. The smallest absolute Gasteiger partial charge is 0.233 e.